The van der Waals surface area contributed by atoms with Gasteiger partial charge in [-0.15, -0.1) is 11.8 Å². The second kappa shape index (κ2) is 5.24. The lowest BCUT2D eigenvalue weighted by molar-refractivity contribution is 0.591. The second-order valence-corrected chi connectivity index (χ2v) is 5.91. The highest BCUT2D eigenvalue weighted by atomic mass is 32.2. The third-order valence-electron chi connectivity index (χ3n) is 3.59. The summed E-state index contributed by atoms with van der Waals surface area (Å²) in [5.74, 6) is 0. The van der Waals surface area contributed by atoms with Crippen LogP contribution in [0.3, 0.4) is 0 Å². The second-order valence-electron chi connectivity index (χ2n) is 4.68. The molecule has 1 aliphatic rings. The van der Waals surface area contributed by atoms with Gasteiger partial charge in [-0.1, -0.05) is 24.6 Å². The van der Waals surface area contributed by atoms with Crippen molar-refractivity contribution in [3.8, 4) is 0 Å². The van der Waals surface area contributed by atoms with E-state index >= 15 is 0 Å². The minimum absolute atomic E-state index is 0.615. The number of hydrogen-bond donors (Lipinski definition) is 1. The number of thioether (sulfide) groups is 1. The topological polar surface area (TPSA) is 37.8 Å². The van der Waals surface area contributed by atoms with Gasteiger partial charge >= 0.3 is 0 Å². The number of fused-ring (bicyclic) bond motifs is 1. The van der Waals surface area contributed by atoms with Gasteiger partial charge in [0.25, 0.3) is 0 Å². The summed E-state index contributed by atoms with van der Waals surface area (Å²) < 4.78 is 0. The molecular formula is C14H17N3S. The van der Waals surface area contributed by atoms with E-state index in [-0.39, 0.29) is 0 Å². The largest absolute Gasteiger partial charge is 0.316 e. The van der Waals surface area contributed by atoms with Gasteiger partial charge in [0, 0.05) is 16.7 Å². The molecule has 0 saturated heterocycles. The zero-order valence-electron chi connectivity index (χ0n) is 10.5. The Hall–Kier alpha value is -1.13. The molecule has 0 spiro atoms. The summed E-state index contributed by atoms with van der Waals surface area (Å²) >= 11 is 1.90. The lowest BCUT2D eigenvalue weighted by Gasteiger charge is -2.18. The molecule has 0 amide bonds. The molecule has 2 unspecified atom stereocenters. The van der Waals surface area contributed by atoms with Crippen molar-refractivity contribution in [2.24, 2.45) is 0 Å². The van der Waals surface area contributed by atoms with Crippen LogP contribution in [0.4, 0.5) is 0 Å². The lowest BCUT2D eigenvalue weighted by Crippen LogP contribution is -2.30. The van der Waals surface area contributed by atoms with Crippen LogP contribution < -0.4 is 5.32 Å². The zero-order valence-corrected chi connectivity index (χ0v) is 11.3. The van der Waals surface area contributed by atoms with Crippen LogP contribution in [0.2, 0.25) is 0 Å². The standard InChI is InChI=1S/C14H17N3S/c1-15-12-7-4-8-13(12)18-14-10-5-2-3-6-11(10)16-9-17-14/h2-3,5-6,9,12-13,15H,4,7-8H2,1H3. The molecule has 18 heavy (non-hydrogen) atoms. The number of aromatic nitrogens is 2. The van der Waals surface area contributed by atoms with E-state index in [1.54, 1.807) is 6.33 Å². The maximum Gasteiger partial charge on any atom is 0.117 e. The van der Waals surface area contributed by atoms with Crippen LogP contribution in [0.5, 0.6) is 0 Å². The molecule has 1 aliphatic carbocycles. The number of benzene rings is 1. The summed E-state index contributed by atoms with van der Waals surface area (Å²) in [5, 5.41) is 6.34. The van der Waals surface area contributed by atoms with Crippen LogP contribution in [-0.4, -0.2) is 28.3 Å². The van der Waals surface area contributed by atoms with E-state index in [9.17, 15) is 0 Å². The molecule has 1 heterocycles. The number of para-hydroxylation sites is 1. The first-order chi connectivity index (χ1) is 8.88. The van der Waals surface area contributed by atoms with E-state index in [1.165, 1.54) is 24.6 Å². The van der Waals surface area contributed by atoms with Crippen LogP contribution in [0.1, 0.15) is 19.3 Å². The summed E-state index contributed by atoms with van der Waals surface area (Å²) in [4.78, 5) is 8.78. The Morgan fingerprint density at radius 1 is 1.22 bits per heavy atom. The van der Waals surface area contributed by atoms with Gasteiger partial charge in [-0.05, 0) is 26.0 Å². The fourth-order valence-electron chi connectivity index (χ4n) is 2.61. The van der Waals surface area contributed by atoms with Gasteiger partial charge in [0.15, 0.2) is 0 Å². The lowest BCUT2D eigenvalue weighted by atomic mass is 10.2. The number of rotatable bonds is 3. The maximum absolute atomic E-state index is 4.46. The highest BCUT2D eigenvalue weighted by Crippen LogP contribution is 2.36. The van der Waals surface area contributed by atoms with Crippen LogP contribution in [-0.2, 0) is 0 Å². The molecular weight excluding hydrogens is 242 g/mol. The monoisotopic (exact) mass is 259 g/mol. The van der Waals surface area contributed by atoms with E-state index in [0.717, 1.165) is 10.5 Å². The zero-order chi connectivity index (χ0) is 12.4. The van der Waals surface area contributed by atoms with Gasteiger partial charge in [0.1, 0.15) is 11.4 Å². The molecule has 0 radical (unpaired) electrons. The van der Waals surface area contributed by atoms with Crippen molar-refractivity contribution >= 4 is 22.7 Å². The van der Waals surface area contributed by atoms with E-state index in [4.69, 9.17) is 0 Å². The normalized spacial score (nSPS) is 23.6. The summed E-state index contributed by atoms with van der Waals surface area (Å²) in [6, 6.07) is 8.85. The number of hydrogen-bond acceptors (Lipinski definition) is 4. The fraction of sp³-hybridized carbons (Fsp3) is 0.429. The maximum atomic E-state index is 4.46. The van der Waals surface area contributed by atoms with Crippen molar-refractivity contribution in [3.05, 3.63) is 30.6 Å². The highest BCUT2D eigenvalue weighted by molar-refractivity contribution is 8.00. The molecule has 94 valence electrons. The fourth-order valence-corrected chi connectivity index (χ4v) is 4.03. The Bertz CT molecular complexity index is 538. The van der Waals surface area contributed by atoms with Gasteiger partial charge in [-0.25, -0.2) is 9.97 Å². The van der Waals surface area contributed by atoms with Gasteiger partial charge in [-0.2, -0.15) is 0 Å². The predicted molar refractivity (Wildman–Crippen MR) is 75.9 cm³/mol. The quantitative estimate of drug-likeness (QED) is 0.860. The van der Waals surface area contributed by atoms with Gasteiger partial charge < -0.3 is 5.32 Å². The smallest absolute Gasteiger partial charge is 0.117 e. The summed E-state index contributed by atoms with van der Waals surface area (Å²) in [6.07, 6.45) is 5.53. The Labute approximate surface area is 111 Å². The molecule has 1 aromatic carbocycles. The summed E-state index contributed by atoms with van der Waals surface area (Å²) in [6.45, 7) is 0. The van der Waals surface area contributed by atoms with Crippen LogP contribution in [0.25, 0.3) is 10.9 Å². The SMILES string of the molecule is CNC1CCCC1Sc1ncnc2ccccc12. The van der Waals surface area contributed by atoms with Crippen molar-refractivity contribution in [2.75, 3.05) is 7.05 Å². The number of nitrogens with zero attached hydrogens (tertiary/aromatic N) is 2. The molecule has 1 N–H and O–H groups in total. The van der Waals surface area contributed by atoms with Crippen molar-refractivity contribution in [2.45, 2.75) is 35.6 Å². The molecule has 4 heteroatoms. The van der Waals surface area contributed by atoms with Gasteiger partial charge in [-0.3, -0.25) is 0 Å². The molecule has 1 fully saturated rings. The Balaban J connectivity index is 1.90. The molecule has 1 saturated carbocycles. The first kappa shape index (κ1) is 11.9. The van der Waals surface area contributed by atoms with E-state index in [0.29, 0.717) is 11.3 Å². The van der Waals surface area contributed by atoms with Crippen LogP contribution in [0, 0.1) is 0 Å². The predicted octanol–water partition coefficient (Wildman–Crippen LogP) is 2.86. The molecule has 3 nitrogen and oxygen atoms in total. The average molecular weight is 259 g/mol. The van der Waals surface area contributed by atoms with Crippen molar-refractivity contribution in [1.29, 1.82) is 0 Å². The molecule has 3 rings (SSSR count). The summed E-state index contributed by atoms with van der Waals surface area (Å²) in [7, 11) is 2.06. The minimum atomic E-state index is 0.615. The Kier molecular flexibility index (Phi) is 3.48. The van der Waals surface area contributed by atoms with Crippen molar-refractivity contribution in [3.63, 3.8) is 0 Å². The van der Waals surface area contributed by atoms with Crippen LogP contribution >= 0.6 is 11.8 Å². The van der Waals surface area contributed by atoms with Gasteiger partial charge in [0.05, 0.1) is 5.52 Å². The average Bonchev–Trinajstić information content (AvgIpc) is 2.86. The highest BCUT2D eigenvalue weighted by Gasteiger charge is 2.27. The van der Waals surface area contributed by atoms with Gasteiger partial charge in [0.2, 0.25) is 0 Å². The first-order valence-corrected chi connectivity index (χ1v) is 7.30. The molecule has 0 bridgehead atoms. The third kappa shape index (κ3) is 2.22. The Morgan fingerprint density at radius 3 is 3.00 bits per heavy atom. The van der Waals surface area contributed by atoms with Crippen LogP contribution in [0.15, 0.2) is 35.6 Å². The number of nitrogens with one attached hydrogen (secondary N) is 1. The molecule has 2 atom stereocenters. The Morgan fingerprint density at radius 2 is 2.11 bits per heavy atom. The summed E-state index contributed by atoms with van der Waals surface area (Å²) in [5.41, 5.74) is 1.04. The van der Waals surface area contributed by atoms with E-state index in [1.807, 2.05) is 23.9 Å². The molecule has 2 aromatic rings. The van der Waals surface area contributed by atoms with E-state index < -0.39 is 0 Å². The third-order valence-corrected chi connectivity index (χ3v) is 5.01. The molecule has 0 aliphatic heterocycles. The first-order valence-electron chi connectivity index (χ1n) is 6.42. The van der Waals surface area contributed by atoms with E-state index in [2.05, 4.69) is 34.5 Å². The molecule has 1 aromatic heterocycles. The van der Waals surface area contributed by atoms with Crippen molar-refractivity contribution in [1.82, 2.24) is 15.3 Å². The minimum Gasteiger partial charge on any atom is -0.316 e. The van der Waals surface area contributed by atoms with Crippen molar-refractivity contribution < 1.29 is 0 Å².